The predicted octanol–water partition coefficient (Wildman–Crippen LogP) is 3.63. The number of benzene rings is 2. The second-order valence-corrected chi connectivity index (χ2v) is 5.75. The van der Waals surface area contributed by atoms with Crippen molar-refractivity contribution in [3.8, 4) is 0 Å². The Bertz CT molecular complexity index is 582. The minimum atomic E-state index is -0.659. The molecule has 0 aliphatic rings. The molecule has 0 saturated carbocycles. The summed E-state index contributed by atoms with van der Waals surface area (Å²) in [5.74, 6) is 0.193. The lowest BCUT2D eigenvalue weighted by Crippen LogP contribution is -2.23. The van der Waals surface area contributed by atoms with Crippen LogP contribution < -0.4 is 5.73 Å². The second kappa shape index (κ2) is 6.33. The first-order chi connectivity index (χ1) is 9.54. The summed E-state index contributed by atoms with van der Waals surface area (Å²) in [6.45, 7) is 4.64. The predicted molar refractivity (Wildman–Crippen MR) is 80.9 cm³/mol. The summed E-state index contributed by atoms with van der Waals surface area (Å²) >= 11 is 0. The molecule has 0 amide bonds. The summed E-state index contributed by atoms with van der Waals surface area (Å²) in [7, 11) is 0. The average Bonchev–Trinajstić information content (AvgIpc) is 2.44. The molecule has 2 aromatic carbocycles. The van der Waals surface area contributed by atoms with Gasteiger partial charge in [0.05, 0.1) is 6.10 Å². The Morgan fingerprint density at radius 2 is 1.75 bits per heavy atom. The molecule has 0 aliphatic heterocycles. The van der Waals surface area contributed by atoms with Crippen LogP contribution in [0.2, 0.25) is 0 Å². The maximum absolute atomic E-state index is 13.8. The van der Waals surface area contributed by atoms with E-state index in [4.69, 9.17) is 5.73 Å². The van der Waals surface area contributed by atoms with E-state index in [1.54, 1.807) is 18.2 Å². The van der Waals surface area contributed by atoms with Gasteiger partial charge in [-0.15, -0.1) is 0 Å². The van der Waals surface area contributed by atoms with Gasteiger partial charge in [-0.2, -0.15) is 0 Å². The van der Waals surface area contributed by atoms with Gasteiger partial charge in [-0.1, -0.05) is 44.2 Å². The molecule has 2 unspecified atom stereocenters. The maximum atomic E-state index is 13.8. The van der Waals surface area contributed by atoms with E-state index in [1.165, 1.54) is 6.07 Å². The van der Waals surface area contributed by atoms with Crippen molar-refractivity contribution in [1.82, 2.24) is 0 Å². The number of aliphatic hydroxyl groups excluding tert-OH is 1. The molecule has 0 fully saturated rings. The lowest BCUT2D eigenvalue weighted by molar-refractivity contribution is 0.101. The van der Waals surface area contributed by atoms with E-state index in [9.17, 15) is 9.50 Å². The lowest BCUT2D eigenvalue weighted by atomic mass is 9.86. The summed E-state index contributed by atoms with van der Waals surface area (Å²) in [6.07, 6.45) is 0.191. The van der Waals surface area contributed by atoms with Crippen molar-refractivity contribution in [1.29, 1.82) is 0 Å². The van der Waals surface area contributed by atoms with Gasteiger partial charge in [0.1, 0.15) is 5.82 Å². The number of rotatable bonds is 5. The quantitative estimate of drug-likeness (QED) is 0.875. The Morgan fingerprint density at radius 1 is 1.10 bits per heavy atom. The Kier molecular flexibility index (Phi) is 4.73. The zero-order valence-corrected chi connectivity index (χ0v) is 12.0. The molecule has 108 valence electrons. The molecule has 0 spiro atoms. The van der Waals surface area contributed by atoms with Crippen LogP contribution in [0.5, 0.6) is 0 Å². The van der Waals surface area contributed by atoms with E-state index < -0.39 is 6.10 Å². The Balaban J connectivity index is 2.44. The Morgan fingerprint density at radius 3 is 2.35 bits per heavy atom. The van der Waals surface area contributed by atoms with E-state index in [2.05, 4.69) is 13.8 Å². The van der Waals surface area contributed by atoms with Crippen LogP contribution in [0.3, 0.4) is 0 Å². The first-order valence-corrected chi connectivity index (χ1v) is 7.09. The molecule has 3 N–H and O–H groups in total. The van der Waals surface area contributed by atoms with Crippen LogP contribution in [0, 0.1) is 17.7 Å². The van der Waals surface area contributed by atoms with Crippen molar-refractivity contribution >= 4 is 10.8 Å². The fourth-order valence-electron chi connectivity index (χ4n) is 2.76. The zero-order valence-electron chi connectivity index (χ0n) is 12.0. The SMILES string of the molecule is CC(C)CC(CN)C(O)c1ccc(F)c2ccccc12. The third-order valence-corrected chi connectivity index (χ3v) is 3.75. The van der Waals surface area contributed by atoms with Crippen molar-refractivity contribution in [3.63, 3.8) is 0 Å². The first-order valence-electron chi connectivity index (χ1n) is 7.09. The second-order valence-electron chi connectivity index (χ2n) is 5.75. The molecule has 2 atom stereocenters. The van der Waals surface area contributed by atoms with Gasteiger partial charge in [0, 0.05) is 11.3 Å². The Hall–Kier alpha value is -1.45. The largest absolute Gasteiger partial charge is 0.388 e. The van der Waals surface area contributed by atoms with Crippen molar-refractivity contribution in [2.75, 3.05) is 6.54 Å². The highest BCUT2D eigenvalue weighted by Crippen LogP contribution is 2.32. The molecule has 20 heavy (non-hydrogen) atoms. The van der Waals surface area contributed by atoms with Crippen molar-refractivity contribution in [2.45, 2.75) is 26.4 Å². The van der Waals surface area contributed by atoms with E-state index >= 15 is 0 Å². The number of nitrogens with two attached hydrogens (primary N) is 1. The fraction of sp³-hybridized carbons (Fsp3) is 0.412. The standard InChI is InChI=1S/C17H22FNO/c1-11(2)9-12(10-19)17(20)15-7-8-16(18)14-6-4-3-5-13(14)15/h3-8,11-12,17,20H,9-10,19H2,1-2H3. The average molecular weight is 275 g/mol. The fourth-order valence-corrected chi connectivity index (χ4v) is 2.76. The summed E-state index contributed by atoms with van der Waals surface area (Å²) in [5.41, 5.74) is 6.56. The molecule has 0 heterocycles. The number of aliphatic hydroxyl groups is 1. The summed E-state index contributed by atoms with van der Waals surface area (Å²) < 4.78 is 13.8. The van der Waals surface area contributed by atoms with Gasteiger partial charge in [0.25, 0.3) is 0 Å². The van der Waals surface area contributed by atoms with Gasteiger partial charge in [-0.25, -0.2) is 4.39 Å². The maximum Gasteiger partial charge on any atom is 0.131 e. The van der Waals surface area contributed by atoms with Gasteiger partial charge >= 0.3 is 0 Å². The lowest BCUT2D eigenvalue weighted by Gasteiger charge is -2.24. The van der Waals surface area contributed by atoms with Crippen LogP contribution in [0.1, 0.15) is 31.9 Å². The molecule has 2 rings (SSSR count). The van der Waals surface area contributed by atoms with Crippen molar-refractivity contribution < 1.29 is 9.50 Å². The molecule has 0 radical (unpaired) electrons. The normalized spacial score (nSPS) is 14.7. The number of halogens is 1. The number of hydrogen-bond acceptors (Lipinski definition) is 2. The van der Waals surface area contributed by atoms with Gasteiger partial charge < -0.3 is 10.8 Å². The zero-order chi connectivity index (χ0) is 14.7. The summed E-state index contributed by atoms with van der Waals surface area (Å²) in [6, 6.07) is 10.3. The molecule has 2 nitrogen and oxygen atoms in total. The third-order valence-electron chi connectivity index (χ3n) is 3.75. The molecule has 3 heteroatoms. The highest BCUT2D eigenvalue weighted by molar-refractivity contribution is 5.86. The number of fused-ring (bicyclic) bond motifs is 1. The van der Waals surface area contributed by atoms with Gasteiger partial charge in [-0.3, -0.25) is 0 Å². The minimum absolute atomic E-state index is 0.0103. The van der Waals surface area contributed by atoms with Gasteiger partial charge in [-0.05, 0) is 35.9 Å². The van der Waals surface area contributed by atoms with Crippen LogP contribution in [0.4, 0.5) is 4.39 Å². The molecule has 0 aromatic heterocycles. The molecule has 0 aliphatic carbocycles. The minimum Gasteiger partial charge on any atom is -0.388 e. The molecular formula is C17H22FNO. The molecule has 2 aromatic rings. The molecule has 0 saturated heterocycles. The van der Waals surface area contributed by atoms with E-state index in [1.807, 2.05) is 12.1 Å². The topological polar surface area (TPSA) is 46.2 Å². The summed E-state index contributed by atoms with van der Waals surface area (Å²) in [4.78, 5) is 0. The Labute approximate surface area is 119 Å². The highest BCUT2D eigenvalue weighted by atomic mass is 19.1. The van der Waals surface area contributed by atoms with Crippen LogP contribution in [0.15, 0.2) is 36.4 Å². The van der Waals surface area contributed by atoms with Gasteiger partial charge in [0.2, 0.25) is 0 Å². The van der Waals surface area contributed by atoms with E-state index in [0.717, 1.165) is 17.4 Å². The van der Waals surface area contributed by atoms with Crippen LogP contribution in [-0.2, 0) is 0 Å². The smallest absolute Gasteiger partial charge is 0.131 e. The van der Waals surface area contributed by atoms with E-state index in [-0.39, 0.29) is 11.7 Å². The monoisotopic (exact) mass is 275 g/mol. The number of hydrogen-bond donors (Lipinski definition) is 2. The molecular weight excluding hydrogens is 253 g/mol. The van der Waals surface area contributed by atoms with Gasteiger partial charge in [0.15, 0.2) is 0 Å². The third kappa shape index (κ3) is 3.00. The summed E-state index contributed by atoms with van der Waals surface area (Å²) in [5, 5.41) is 11.9. The first kappa shape index (κ1) is 14.9. The van der Waals surface area contributed by atoms with Crippen LogP contribution in [0.25, 0.3) is 10.8 Å². The van der Waals surface area contributed by atoms with Crippen LogP contribution in [-0.4, -0.2) is 11.7 Å². The van der Waals surface area contributed by atoms with Crippen molar-refractivity contribution in [3.05, 3.63) is 47.8 Å². The van der Waals surface area contributed by atoms with Crippen molar-refractivity contribution in [2.24, 2.45) is 17.6 Å². The molecule has 0 bridgehead atoms. The van der Waals surface area contributed by atoms with E-state index in [0.29, 0.717) is 17.8 Å². The highest BCUT2D eigenvalue weighted by Gasteiger charge is 2.22. The van der Waals surface area contributed by atoms with Crippen LogP contribution >= 0.6 is 0 Å².